The highest BCUT2D eigenvalue weighted by atomic mass is 79.9. The minimum absolute atomic E-state index is 0.397. The van der Waals surface area contributed by atoms with E-state index in [9.17, 15) is 0 Å². The highest BCUT2D eigenvalue weighted by Crippen LogP contribution is 2.18. The van der Waals surface area contributed by atoms with Crippen molar-refractivity contribution in [2.75, 3.05) is 7.11 Å². The van der Waals surface area contributed by atoms with Gasteiger partial charge in [-0.05, 0) is 25.7 Å². The average molecular weight is 223 g/mol. The predicted octanol–water partition coefficient (Wildman–Crippen LogP) is 3.22. The molecule has 0 aliphatic carbocycles. The quantitative estimate of drug-likeness (QED) is 0.650. The molecule has 68 valence electrons. The summed E-state index contributed by atoms with van der Waals surface area (Å²) in [6.07, 6.45) is 2.74. The van der Waals surface area contributed by atoms with Crippen molar-refractivity contribution < 1.29 is 4.74 Å². The van der Waals surface area contributed by atoms with E-state index in [1.54, 1.807) is 7.11 Å². The van der Waals surface area contributed by atoms with Crippen molar-refractivity contribution in [3.05, 3.63) is 0 Å². The zero-order valence-electron chi connectivity index (χ0n) is 7.93. The topological polar surface area (TPSA) is 9.23 Å². The second-order valence-corrected chi connectivity index (χ2v) is 4.56. The largest absolute Gasteiger partial charge is 0.382 e. The Morgan fingerprint density at radius 3 is 2.09 bits per heavy atom. The number of hydrogen-bond acceptors (Lipinski definition) is 1. The van der Waals surface area contributed by atoms with E-state index in [4.69, 9.17) is 4.74 Å². The number of halogens is 1. The van der Waals surface area contributed by atoms with Gasteiger partial charge in [0.2, 0.25) is 0 Å². The van der Waals surface area contributed by atoms with Crippen molar-refractivity contribution in [1.82, 2.24) is 0 Å². The molecule has 2 atom stereocenters. The van der Waals surface area contributed by atoms with Crippen LogP contribution in [0.4, 0.5) is 0 Å². The Bertz CT molecular complexity index is 93.6. The van der Waals surface area contributed by atoms with E-state index in [1.807, 2.05) is 0 Å². The Morgan fingerprint density at radius 2 is 1.73 bits per heavy atom. The van der Waals surface area contributed by atoms with Crippen molar-refractivity contribution in [2.24, 2.45) is 5.92 Å². The lowest BCUT2D eigenvalue weighted by atomic mass is 10.0. The molecule has 0 radical (unpaired) electrons. The van der Waals surface area contributed by atoms with Gasteiger partial charge in [0.25, 0.3) is 0 Å². The molecule has 0 bridgehead atoms. The van der Waals surface area contributed by atoms with E-state index < -0.39 is 0 Å². The second kappa shape index (κ2) is 6.01. The third-order valence-electron chi connectivity index (χ3n) is 1.97. The summed E-state index contributed by atoms with van der Waals surface area (Å²) in [7, 11) is 1.77. The summed E-state index contributed by atoms with van der Waals surface area (Å²) in [6, 6.07) is 0. The molecule has 0 aromatic heterocycles. The molecule has 0 fully saturated rings. The summed E-state index contributed by atoms with van der Waals surface area (Å²) in [5.41, 5.74) is 0. The zero-order chi connectivity index (χ0) is 8.85. The van der Waals surface area contributed by atoms with Gasteiger partial charge in [0.1, 0.15) is 0 Å². The number of ether oxygens (including phenoxy) is 1. The number of methoxy groups -OCH3 is 1. The Kier molecular flexibility index (Phi) is 6.25. The molecule has 2 heteroatoms. The first-order chi connectivity index (χ1) is 5.07. The van der Waals surface area contributed by atoms with Gasteiger partial charge in [0.05, 0.1) is 6.10 Å². The van der Waals surface area contributed by atoms with Crippen molar-refractivity contribution in [2.45, 2.75) is 44.5 Å². The summed E-state index contributed by atoms with van der Waals surface area (Å²) in [5, 5.41) is 0. The lowest BCUT2D eigenvalue weighted by molar-refractivity contribution is 0.108. The molecule has 0 amide bonds. The normalized spacial score (nSPS) is 16.9. The molecular weight excluding hydrogens is 204 g/mol. The second-order valence-electron chi connectivity index (χ2n) is 3.38. The van der Waals surface area contributed by atoms with Gasteiger partial charge in [0.15, 0.2) is 0 Å². The van der Waals surface area contributed by atoms with Crippen LogP contribution in [0.1, 0.15) is 33.6 Å². The minimum Gasteiger partial charge on any atom is -0.382 e. The highest BCUT2D eigenvalue weighted by Gasteiger charge is 2.10. The van der Waals surface area contributed by atoms with Crippen LogP contribution in [-0.4, -0.2) is 18.0 Å². The maximum atomic E-state index is 5.16. The van der Waals surface area contributed by atoms with E-state index in [2.05, 4.69) is 36.7 Å². The Hall–Kier alpha value is 0.440. The number of hydrogen-bond donors (Lipinski definition) is 0. The van der Waals surface area contributed by atoms with Crippen molar-refractivity contribution >= 4 is 15.9 Å². The molecule has 11 heavy (non-hydrogen) atoms. The molecule has 0 spiro atoms. The molecule has 0 rings (SSSR count). The summed E-state index contributed by atoms with van der Waals surface area (Å²) < 4.78 is 5.16. The van der Waals surface area contributed by atoms with Crippen LogP contribution in [0.3, 0.4) is 0 Å². The molecule has 0 aliphatic rings. The van der Waals surface area contributed by atoms with Crippen LogP contribution in [0.15, 0.2) is 0 Å². The maximum Gasteiger partial charge on any atom is 0.0543 e. The first kappa shape index (κ1) is 11.4. The molecule has 0 saturated carbocycles. The monoisotopic (exact) mass is 222 g/mol. The van der Waals surface area contributed by atoms with E-state index in [0.717, 1.165) is 12.3 Å². The van der Waals surface area contributed by atoms with Crippen molar-refractivity contribution in [1.29, 1.82) is 0 Å². The summed E-state index contributed by atoms with van der Waals surface area (Å²) in [6.45, 7) is 6.58. The fourth-order valence-electron chi connectivity index (χ4n) is 0.845. The third-order valence-corrected chi connectivity index (χ3v) is 3.49. The summed E-state index contributed by atoms with van der Waals surface area (Å²) >= 11 is 3.64. The van der Waals surface area contributed by atoms with Crippen molar-refractivity contribution in [3.63, 3.8) is 0 Å². The van der Waals surface area contributed by atoms with Crippen LogP contribution in [0, 0.1) is 5.92 Å². The van der Waals surface area contributed by atoms with E-state index >= 15 is 0 Å². The molecule has 0 heterocycles. The Balaban J connectivity index is 3.37. The highest BCUT2D eigenvalue weighted by molar-refractivity contribution is 9.09. The molecule has 0 aromatic carbocycles. The lowest BCUT2D eigenvalue weighted by Gasteiger charge is -2.15. The molecule has 0 aliphatic heterocycles. The zero-order valence-corrected chi connectivity index (χ0v) is 9.52. The SMILES string of the molecule is COC(C)CCC(Br)C(C)C. The van der Waals surface area contributed by atoms with Crippen LogP contribution in [-0.2, 0) is 4.74 Å². The van der Waals surface area contributed by atoms with Gasteiger partial charge in [-0.25, -0.2) is 0 Å². The smallest absolute Gasteiger partial charge is 0.0543 e. The first-order valence-corrected chi connectivity index (χ1v) is 5.16. The maximum absolute atomic E-state index is 5.16. The predicted molar refractivity (Wildman–Crippen MR) is 53.3 cm³/mol. The van der Waals surface area contributed by atoms with Crippen LogP contribution >= 0.6 is 15.9 Å². The van der Waals surface area contributed by atoms with Crippen LogP contribution < -0.4 is 0 Å². The minimum atomic E-state index is 0.397. The molecule has 0 aromatic rings. The fraction of sp³-hybridized carbons (Fsp3) is 1.00. The van der Waals surface area contributed by atoms with Crippen LogP contribution in [0.5, 0.6) is 0 Å². The summed E-state index contributed by atoms with van der Waals surface area (Å²) in [5.74, 6) is 0.721. The van der Waals surface area contributed by atoms with Gasteiger partial charge in [-0.2, -0.15) is 0 Å². The number of alkyl halides is 1. The van der Waals surface area contributed by atoms with Crippen LogP contribution in [0.2, 0.25) is 0 Å². The molecular formula is C9H19BrO. The molecule has 1 nitrogen and oxygen atoms in total. The third kappa shape index (κ3) is 5.68. The van der Waals surface area contributed by atoms with Gasteiger partial charge < -0.3 is 4.74 Å². The van der Waals surface area contributed by atoms with Crippen molar-refractivity contribution in [3.8, 4) is 0 Å². The van der Waals surface area contributed by atoms with Crippen LogP contribution in [0.25, 0.3) is 0 Å². The fourth-order valence-corrected chi connectivity index (χ4v) is 1.11. The van der Waals surface area contributed by atoms with Gasteiger partial charge in [-0.3, -0.25) is 0 Å². The van der Waals surface area contributed by atoms with E-state index in [-0.39, 0.29) is 0 Å². The first-order valence-electron chi connectivity index (χ1n) is 4.24. The molecule has 0 saturated heterocycles. The van der Waals surface area contributed by atoms with E-state index in [0.29, 0.717) is 10.9 Å². The number of rotatable bonds is 5. The van der Waals surface area contributed by atoms with Gasteiger partial charge in [-0.15, -0.1) is 0 Å². The standard InChI is InChI=1S/C9H19BrO/c1-7(2)9(10)6-5-8(3)11-4/h7-9H,5-6H2,1-4H3. The molecule has 0 N–H and O–H groups in total. The lowest BCUT2D eigenvalue weighted by Crippen LogP contribution is -2.12. The summed E-state index contributed by atoms with van der Waals surface area (Å²) in [4.78, 5) is 0.639. The van der Waals surface area contributed by atoms with Gasteiger partial charge >= 0.3 is 0 Å². The average Bonchev–Trinajstić information content (AvgIpc) is 1.99. The molecule has 2 unspecified atom stereocenters. The van der Waals surface area contributed by atoms with E-state index in [1.165, 1.54) is 6.42 Å². The van der Waals surface area contributed by atoms with Gasteiger partial charge in [0, 0.05) is 11.9 Å². The van der Waals surface area contributed by atoms with Gasteiger partial charge in [-0.1, -0.05) is 29.8 Å². The Labute approximate surface area is 78.6 Å². The Morgan fingerprint density at radius 1 is 1.18 bits per heavy atom.